The standard InChI is InChI=1S/C26H39N5O5S2/c1-15(2)22(25(34)29-20(26(35)36)10-12-38-4)31-24(33)21(30-23(32)18(27)9-11-37-3)13-16-14-28-19-8-6-5-7-17(16)19/h5-8,14-15,18,20-22,28H,9-13,27H2,1-4H3,(H,29,34)(H,30,32)(H,31,33)(H,35,36). The van der Waals surface area contributed by atoms with Gasteiger partial charge in [0.1, 0.15) is 18.1 Å². The number of aromatic amines is 1. The van der Waals surface area contributed by atoms with Gasteiger partial charge in [-0.2, -0.15) is 23.5 Å². The van der Waals surface area contributed by atoms with E-state index in [1.165, 1.54) is 11.8 Å². The van der Waals surface area contributed by atoms with Gasteiger partial charge in [0.15, 0.2) is 0 Å². The number of hydrogen-bond donors (Lipinski definition) is 6. The van der Waals surface area contributed by atoms with Gasteiger partial charge in [0.25, 0.3) is 0 Å². The molecule has 2 aromatic rings. The molecule has 4 atom stereocenters. The summed E-state index contributed by atoms with van der Waals surface area (Å²) in [4.78, 5) is 54.2. The molecule has 10 nitrogen and oxygen atoms in total. The van der Waals surface area contributed by atoms with Gasteiger partial charge in [-0.05, 0) is 54.4 Å². The van der Waals surface area contributed by atoms with Gasteiger partial charge in [0, 0.05) is 23.5 Å². The van der Waals surface area contributed by atoms with Crippen LogP contribution < -0.4 is 21.7 Å². The fourth-order valence-corrected chi connectivity index (χ4v) is 4.89. The first-order valence-electron chi connectivity index (χ1n) is 12.5. The van der Waals surface area contributed by atoms with Crippen molar-refractivity contribution in [1.29, 1.82) is 0 Å². The Morgan fingerprint density at radius 1 is 0.921 bits per heavy atom. The van der Waals surface area contributed by atoms with Crippen LogP contribution in [0.1, 0.15) is 32.3 Å². The predicted octanol–water partition coefficient (Wildman–Crippen LogP) is 1.74. The molecule has 210 valence electrons. The Balaban J connectivity index is 2.25. The largest absolute Gasteiger partial charge is 0.480 e. The van der Waals surface area contributed by atoms with Crippen LogP contribution in [0.15, 0.2) is 30.5 Å². The van der Waals surface area contributed by atoms with Gasteiger partial charge in [-0.25, -0.2) is 4.79 Å². The third-order valence-corrected chi connectivity index (χ3v) is 7.46. The van der Waals surface area contributed by atoms with Crippen LogP contribution in [0.2, 0.25) is 0 Å². The van der Waals surface area contributed by atoms with Crippen LogP contribution in [-0.2, 0) is 25.6 Å². The van der Waals surface area contributed by atoms with Crippen LogP contribution in [0.5, 0.6) is 0 Å². The van der Waals surface area contributed by atoms with Crippen LogP contribution in [0, 0.1) is 5.92 Å². The van der Waals surface area contributed by atoms with Crippen LogP contribution in [0.3, 0.4) is 0 Å². The second kappa shape index (κ2) is 15.6. The Kier molecular flexibility index (Phi) is 13.0. The smallest absolute Gasteiger partial charge is 0.326 e. The molecule has 0 aliphatic heterocycles. The molecule has 0 aliphatic carbocycles. The van der Waals surface area contributed by atoms with E-state index in [-0.39, 0.29) is 18.8 Å². The maximum atomic E-state index is 13.5. The molecular formula is C26H39N5O5S2. The molecule has 0 spiro atoms. The number of para-hydroxylation sites is 1. The van der Waals surface area contributed by atoms with Gasteiger partial charge in [-0.3, -0.25) is 14.4 Å². The number of nitrogens with one attached hydrogen (secondary N) is 4. The van der Waals surface area contributed by atoms with Gasteiger partial charge in [-0.1, -0.05) is 32.0 Å². The first kappa shape index (κ1) is 31.5. The Bertz CT molecular complexity index is 1090. The van der Waals surface area contributed by atoms with E-state index in [1.807, 2.05) is 36.8 Å². The summed E-state index contributed by atoms with van der Waals surface area (Å²) in [5.41, 5.74) is 7.78. The molecule has 12 heteroatoms. The zero-order valence-electron chi connectivity index (χ0n) is 22.3. The maximum absolute atomic E-state index is 13.5. The Morgan fingerprint density at radius 2 is 1.55 bits per heavy atom. The molecule has 0 saturated carbocycles. The van der Waals surface area contributed by atoms with Crippen LogP contribution in [-0.4, -0.2) is 82.0 Å². The highest BCUT2D eigenvalue weighted by Crippen LogP contribution is 2.19. The molecule has 0 saturated heterocycles. The number of carbonyl (C=O) groups excluding carboxylic acids is 3. The highest BCUT2D eigenvalue weighted by molar-refractivity contribution is 7.98. The SMILES string of the molecule is CSCCC(N)C(=O)NC(Cc1c[nH]c2ccccc12)C(=O)NC(C(=O)NC(CCSC)C(=O)O)C(C)C. The van der Waals surface area contributed by atoms with E-state index in [0.29, 0.717) is 17.9 Å². The number of carbonyl (C=O) groups is 4. The molecule has 7 N–H and O–H groups in total. The van der Waals surface area contributed by atoms with Gasteiger partial charge in [-0.15, -0.1) is 0 Å². The number of aliphatic carboxylic acids is 1. The molecule has 0 bridgehead atoms. The van der Waals surface area contributed by atoms with E-state index in [2.05, 4.69) is 20.9 Å². The monoisotopic (exact) mass is 565 g/mol. The molecule has 0 fully saturated rings. The summed E-state index contributed by atoms with van der Waals surface area (Å²) < 4.78 is 0. The van der Waals surface area contributed by atoms with E-state index >= 15 is 0 Å². The second-order valence-corrected chi connectivity index (χ2v) is 11.4. The van der Waals surface area contributed by atoms with E-state index in [0.717, 1.165) is 16.5 Å². The van der Waals surface area contributed by atoms with Gasteiger partial charge < -0.3 is 31.8 Å². The summed E-state index contributed by atoms with van der Waals surface area (Å²) in [5, 5.41) is 18.5. The lowest BCUT2D eigenvalue weighted by Crippen LogP contribution is -2.59. The lowest BCUT2D eigenvalue weighted by atomic mass is 10.00. The topological polar surface area (TPSA) is 166 Å². The van der Waals surface area contributed by atoms with Gasteiger partial charge >= 0.3 is 5.97 Å². The first-order valence-corrected chi connectivity index (χ1v) is 15.3. The molecular weight excluding hydrogens is 526 g/mol. The Labute approximate surface area is 232 Å². The molecule has 3 amide bonds. The Hall–Kier alpha value is -2.70. The van der Waals surface area contributed by atoms with Gasteiger partial charge in [0.05, 0.1) is 6.04 Å². The highest BCUT2D eigenvalue weighted by atomic mass is 32.2. The summed E-state index contributed by atoms with van der Waals surface area (Å²) in [6, 6.07) is 3.79. The summed E-state index contributed by atoms with van der Waals surface area (Å²) in [5.74, 6) is -1.79. The number of hydrogen-bond acceptors (Lipinski definition) is 7. The number of H-pyrrole nitrogens is 1. The minimum absolute atomic E-state index is 0.175. The number of benzene rings is 1. The van der Waals surface area contributed by atoms with Crippen molar-refractivity contribution in [3.05, 3.63) is 36.0 Å². The minimum atomic E-state index is -1.13. The Morgan fingerprint density at radius 3 is 2.18 bits per heavy atom. The number of carboxylic acids is 1. The second-order valence-electron chi connectivity index (χ2n) is 9.42. The lowest BCUT2D eigenvalue weighted by molar-refractivity contribution is -0.142. The summed E-state index contributed by atoms with van der Waals surface area (Å²) in [6.45, 7) is 3.52. The van der Waals surface area contributed by atoms with E-state index in [1.54, 1.807) is 31.8 Å². The molecule has 0 aliphatic rings. The first-order chi connectivity index (χ1) is 18.1. The lowest BCUT2D eigenvalue weighted by Gasteiger charge is -2.27. The molecule has 38 heavy (non-hydrogen) atoms. The van der Waals surface area contributed by atoms with Crippen molar-refractivity contribution in [3.8, 4) is 0 Å². The summed E-state index contributed by atoms with van der Waals surface area (Å²) in [7, 11) is 0. The van der Waals surface area contributed by atoms with Crippen molar-refractivity contribution >= 4 is 58.1 Å². The quantitative estimate of drug-likeness (QED) is 0.179. The van der Waals surface area contributed by atoms with Crippen LogP contribution in [0.25, 0.3) is 10.9 Å². The molecule has 1 heterocycles. The van der Waals surface area contributed by atoms with E-state index < -0.39 is 47.9 Å². The minimum Gasteiger partial charge on any atom is -0.480 e. The van der Waals surface area contributed by atoms with E-state index in [4.69, 9.17) is 5.73 Å². The number of nitrogens with two attached hydrogens (primary N) is 1. The normalized spacial score (nSPS) is 14.5. The molecule has 0 radical (unpaired) electrons. The predicted molar refractivity (Wildman–Crippen MR) is 154 cm³/mol. The third kappa shape index (κ3) is 9.25. The van der Waals surface area contributed by atoms with Crippen molar-refractivity contribution in [3.63, 3.8) is 0 Å². The number of amides is 3. The number of aromatic nitrogens is 1. The molecule has 4 unspecified atom stereocenters. The molecule has 2 rings (SSSR count). The van der Waals surface area contributed by atoms with Crippen molar-refractivity contribution in [2.24, 2.45) is 11.7 Å². The van der Waals surface area contributed by atoms with Crippen molar-refractivity contribution in [1.82, 2.24) is 20.9 Å². The average Bonchev–Trinajstić information content (AvgIpc) is 3.29. The molecule has 1 aromatic carbocycles. The average molecular weight is 566 g/mol. The van der Waals surface area contributed by atoms with Gasteiger partial charge in [0.2, 0.25) is 17.7 Å². The van der Waals surface area contributed by atoms with Crippen molar-refractivity contribution < 1.29 is 24.3 Å². The number of fused-ring (bicyclic) bond motifs is 1. The zero-order chi connectivity index (χ0) is 28.2. The van der Waals surface area contributed by atoms with E-state index in [9.17, 15) is 24.3 Å². The van der Waals surface area contributed by atoms with Crippen LogP contribution in [0.4, 0.5) is 0 Å². The van der Waals surface area contributed by atoms with Crippen LogP contribution >= 0.6 is 23.5 Å². The number of thioether (sulfide) groups is 2. The maximum Gasteiger partial charge on any atom is 0.326 e. The fraction of sp³-hybridized carbons (Fsp3) is 0.538. The third-order valence-electron chi connectivity index (χ3n) is 6.17. The number of rotatable bonds is 16. The zero-order valence-corrected chi connectivity index (χ0v) is 23.9. The van der Waals surface area contributed by atoms with Crippen molar-refractivity contribution in [2.45, 2.75) is 57.3 Å². The van der Waals surface area contributed by atoms with Crippen molar-refractivity contribution in [2.75, 3.05) is 24.0 Å². The highest BCUT2D eigenvalue weighted by Gasteiger charge is 2.32. The summed E-state index contributed by atoms with van der Waals surface area (Å²) in [6.07, 6.45) is 6.46. The molecule has 1 aromatic heterocycles. The summed E-state index contributed by atoms with van der Waals surface area (Å²) >= 11 is 3.05. The fourth-order valence-electron chi connectivity index (χ4n) is 3.93. The number of carboxylic acid groups (broad SMARTS) is 1.